The van der Waals surface area contributed by atoms with Crippen molar-refractivity contribution in [1.82, 2.24) is 0 Å². The fourth-order valence-corrected chi connectivity index (χ4v) is 3.89. The van der Waals surface area contributed by atoms with Crippen molar-refractivity contribution in [2.75, 3.05) is 0 Å². The van der Waals surface area contributed by atoms with E-state index < -0.39 is 0 Å². The minimum atomic E-state index is -0.260. The molecule has 0 aliphatic carbocycles. The molecular formula is C18H40N2. The summed E-state index contributed by atoms with van der Waals surface area (Å²) in [6.45, 7) is 18.1. The van der Waals surface area contributed by atoms with Crippen molar-refractivity contribution in [3.05, 3.63) is 0 Å². The summed E-state index contributed by atoms with van der Waals surface area (Å²) in [6.07, 6.45) is 4.06. The van der Waals surface area contributed by atoms with Gasteiger partial charge in [0.25, 0.3) is 0 Å². The summed E-state index contributed by atoms with van der Waals surface area (Å²) in [5.41, 5.74) is 13.4. The van der Waals surface area contributed by atoms with Crippen LogP contribution >= 0.6 is 0 Å². The average molecular weight is 285 g/mol. The quantitative estimate of drug-likeness (QED) is 0.652. The lowest BCUT2D eigenvalue weighted by Gasteiger charge is -2.50. The largest absolute Gasteiger partial charge is 0.324 e. The van der Waals surface area contributed by atoms with Crippen LogP contribution in [0.15, 0.2) is 0 Å². The molecule has 20 heavy (non-hydrogen) atoms. The van der Waals surface area contributed by atoms with Gasteiger partial charge in [0.1, 0.15) is 0 Å². The van der Waals surface area contributed by atoms with E-state index in [0.29, 0.717) is 23.7 Å². The highest BCUT2D eigenvalue weighted by atomic mass is 14.9. The van der Waals surface area contributed by atoms with Gasteiger partial charge in [-0.2, -0.15) is 0 Å². The summed E-state index contributed by atoms with van der Waals surface area (Å²) in [4.78, 5) is 0. The summed E-state index contributed by atoms with van der Waals surface area (Å²) in [6, 6.07) is 0. The second-order valence-electron chi connectivity index (χ2n) is 8.70. The molecule has 0 amide bonds. The molecule has 122 valence electrons. The highest BCUT2D eigenvalue weighted by Crippen LogP contribution is 2.39. The Labute approximate surface area is 128 Å². The molecule has 0 saturated carbocycles. The fourth-order valence-electron chi connectivity index (χ4n) is 3.89. The molecule has 2 nitrogen and oxygen atoms in total. The van der Waals surface area contributed by atoms with Crippen LogP contribution in [0, 0.1) is 23.7 Å². The lowest BCUT2D eigenvalue weighted by atomic mass is 9.63. The van der Waals surface area contributed by atoms with E-state index in [4.69, 9.17) is 11.5 Å². The van der Waals surface area contributed by atoms with Gasteiger partial charge in [-0.1, -0.05) is 55.4 Å². The number of nitrogens with two attached hydrogens (primary N) is 2. The van der Waals surface area contributed by atoms with E-state index in [1.807, 2.05) is 0 Å². The molecule has 0 radical (unpaired) electrons. The van der Waals surface area contributed by atoms with Crippen molar-refractivity contribution in [2.24, 2.45) is 35.1 Å². The highest BCUT2D eigenvalue weighted by Gasteiger charge is 2.46. The molecule has 0 unspecified atom stereocenters. The molecule has 0 rings (SSSR count). The smallest absolute Gasteiger partial charge is 0.0341 e. The first-order valence-corrected chi connectivity index (χ1v) is 8.49. The first kappa shape index (κ1) is 19.9. The lowest BCUT2D eigenvalue weighted by molar-refractivity contribution is 0.109. The standard InChI is InChI=1S/C18H40N2/c1-13(2)9-17(19,10-14(3)4)18(20,11-15(5)6)12-16(7)8/h13-16H,9-12,19-20H2,1-8H3. The van der Waals surface area contributed by atoms with Crippen LogP contribution in [-0.4, -0.2) is 11.1 Å². The van der Waals surface area contributed by atoms with Crippen LogP contribution in [0.4, 0.5) is 0 Å². The van der Waals surface area contributed by atoms with Gasteiger partial charge >= 0.3 is 0 Å². The van der Waals surface area contributed by atoms with Gasteiger partial charge in [-0.3, -0.25) is 0 Å². The minimum Gasteiger partial charge on any atom is -0.324 e. The average Bonchev–Trinajstić information content (AvgIpc) is 2.10. The molecule has 0 spiro atoms. The van der Waals surface area contributed by atoms with Crippen molar-refractivity contribution in [2.45, 2.75) is 92.2 Å². The number of rotatable bonds is 9. The molecule has 0 atom stereocenters. The third kappa shape index (κ3) is 6.13. The molecule has 2 heteroatoms. The monoisotopic (exact) mass is 284 g/mol. The van der Waals surface area contributed by atoms with Crippen LogP contribution in [0.25, 0.3) is 0 Å². The van der Waals surface area contributed by atoms with Gasteiger partial charge in [-0.15, -0.1) is 0 Å². The van der Waals surface area contributed by atoms with Gasteiger partial charge in [0.2, 0.25) is 0 Å². The van der Waals surface area contributed by atoms with Crippen LogP contribution in [0.3, 0.4) is 0 Å². The topological polar surface area (TPSA) is 52.0 Å². The minimum absolute atomic E-state index is 0.260. The summed E-state index contributed by atoms with van der Waals surface area (Å²) < 4.78 is 0. The molecule has 0 aromatic heterocycles. The maximum Gasteiger partial charge on any atom is 0.0341 e. The predicted molar refractivity (Wildman–Crippen MR) is 91.7 cm³/mol. The SMILES string of the molecule is CC(C)CC(N)(CC(C)C)C(N)(CC(C)C)CC(C)C. The summed E-state index contributed by atoms with van der Waals surface area (Å²) in [5, 5.41) is 0. The number of hydrogen-bond acceptors (Lipinski definition) is 2. The normalized spacial score (nSPS) is 14.1. The van der Waals surface area contributed by atoms with Gasteiger partial charge in [0.15, 0.2) is 0 Å². The van der Waals surface area contributed by atoms with Gasteiger partial charge in [-0.25, -0.2) is 0 Å². The molecule has 0 bridgehead atoms. The maximum atomic E-state index is 6.95. The van der Waals surface area contributed by atoms with Gasteiger partial charge < -0.3 is 11.5 Å². The Bertz CT molecular complexity index is 219. The Kier molecular flexibility index (Phi) is 7.76. The van der Waals surface area contributed by atoms with Crippen LogP contribution in [0.2, 0.25) is 0 Å². The first-order valence-electron chi connectivity index (χ1n) is 8.49. The lowest BCUT2D eigenvalue weighted by Crippen LogP contribution is -2.67. The summed E-state index contributed by atoms with van der Waals surface area (Å²) in [7, 11) is 0. The van der Waals surface area contributed by atoms with Crippen molar-refractivity contribution in [3.8, 4) is 0 Å². The third-order valence-corrected chi connectivity index (χ3v) is 4.08. The fraction of sp³-hybridized carbons (Fsp3) is 1.00. The Morgan fingerprint density at radius 2 is 0.650 bits per heavy atom. The third-order valence-electron chi connectivity index (χ3n) is 4.08. The van der Waals surface area contributed by atoms with Crippen LogP contribution in [-0.2, 0) is 0 Å². The van der Waals surface area contributed by atoms with Crippen molar-refractivity contribution in [3.63, 3.8) is 0 Å². The van der Waals surface area contributed by atoms with Crippen molar-refractivity contribution >= 4 is 0 Å². The van der Waals surface area contributed by atoms with Crippen LogP contribution in [0.1, 0.15) is 81.1 Å². The van der Waals surface area contributed by atoms with E-state index in [2.05, 4.69) is 55.4 Å². The van der Waals surface area contributed by atoms with E-state index in [1.165, 1.54) is 0 Å². The number of hydrogen-bond donors (Lipinski definition) is 2. The Hall–Kier alpha value is -0.0800. The Morgan fingerprint density at radius 3 is 0.750 bits per heavy atom. The molecule has 0 aromatic carbocycles. The van der Waals surface area contributed by atoms with Gasteiger partial charge in [0.05, 0.1) is 0 Å². The van der Waals surface area contributed by atoms with Gasteiger partial charge in [0, 0.05) is 11.1 Å². The highest BCUT2D eigenvalue weighted by molar-refractivity contribution is 5.08. The molecule has 0 heterocycles. The molecule has 4 N–H and O–H groups in total. The van der Waals surface area contributed by atoms with Crippen LogP contribution in [0.5, 0.6) is 0 Å². The first-order chi connectivity index (χ1) is 8.92. The van der Waals surface area contributed by atoms with E-state index in [-0.39, 0.29) is 11.1 Å². The maximum absolute atomic E-state index is 6.95. The van der Waals surface area contributed by atoms with Gasteiger partial charge in [-0.05, 0) is 49.4 Å². The Balaban J connectivity index is 5.47. The Morgan fingerprint density at radius 1 is 0.500 bits per heavy atom. The summed E-state index contributed by atoms with van der Waals surface area (Å²) >= 11 is 0. The van der Waals surface area contributed by atoms with Crippen molar-refractivity contribution < 1.29 is 0 Å². The van der Waals surface area contributed by atoms with Crippen molar-refractivity contribution in [1.29, 1.82) is 0 Å². The molecule has 0 aliphatic rings. The van der Waals surface area contributed by atoms with E-state index in [9.17, 15) is 0 Å². The van der Waals surface area contributed by atoms with E-state index >= 15 is 0 Å². The predicted octanol–water partition coefficient (Wildman–Crippen LogP) is 4.57. The zero-order chi connectivity index (χ0) is 16.1. The molecule has 0 aromatic rings. The summed E-state index contributed by atoms with van der Waals surface area (Å²) in [5.74, 6) is 2.34. The van der Waals surface area contributed by atoms with Crippen LogP contribution < -0.4 is 11.5 Å². The van der Waals surface area contributed by atoms with E-state index in [1.54, 1.807) is 0 Å². The second-order valence-corrected chi connectivity index (χ2v) is 8.70. The molecule has 0 fully saturated rings. The molecule has 0 saturated heterocycles. The van der Waals surface area contributed by atoms with E-state index in [0.717, 1.165) is 25.7 Å². The zero-order valence-electron chi connectivity index (χ0n) is 15.3. The molecule has 0 aliphatic heterocycles. The second kappa shape index (κ2) is 7.79. The zero-order valence-corrected chi connectivity index (χ0v) is 15.3. The molecular weight excluding hydrogens is 244 g/mol.